The normalized spacial score (nSPS) is 16.1. The standard InChI is InChI=1S/C12H24O3/c1-9(12(2,3)4)10(13)7-5-6-8-11(14)15/h9-10,13H,5-8H2,1-4H3,(H,14,15). The van der Waals surface area contributed by atoms with E-state index in [1.54, 1.807) is 0 Å². The van der Waals surface area contributed by atoms with Gasteiger partial charge in [0.15, 0.2) is 0 Å². The highest BCUT2D eigenvalue weighted by Crippen LogP contribution is 2.30. The van der Waals surface area contributed by atoms with Crippen molar-refractivity contribution in [2.24, 2.45) is 11.3 Å². The molecule has 3 heteroatoms. The molecule has 3 nitrogen and oxygen atoms in total. The minimum Gasteiger partial charge on any atom is -0.481 e. The van der Waals surface area contributed by atoms with Crippen molar-refractivity contribution >= 4 is 5.97 Å². The molecule has 0 rings (SSSR count). The molecule has 0 aliphatic carbocycles. The van der Waals surface area contributed by atoms with Gasteiger partial charge >= 0.3 is 5.97 Å². The molecule has 15 heavy (non-hydrogen) atoms. The summed E-state index contributed by atoms with van der Waals surface area (Å²) in [6, 6.07) is 0. The monoisotopic (exact) mass is 216 g/mol. The van der Waals surface area contributed by atoms with Gasteiger partial charge in [-0.25, -0.2) is 0 Å². The Kier molecular flexibility index (Phi) is 5.88. The predicted molar refractivity (Wildman–Crippen MR) is 60.7 cm³/mol. The van der Waals surface area contributed by atoms with Gasteiger partial charge in [0.2, 0.25) is 0 Å². The average Bonchev–Trinajstić information content (AvgIpc) is 2.09. The molecule has 90 valence electrons. The Morgan fingerprint density at radius 3 is 2.20 bits per heavy atom. The van der Waals surface area contributed by atoms with E-state index in [1.807, 2.05) is 6.92 Å². The van der Waals surface area contributed by atoms with Gasteiger partial charge in [-0.3, -0.25) is 4.79 Å². The van der Waals surface area contributed by atoms with Gasteiger partial charge in [-0.2, -0.15) is 0 Å². The number of aliphatic hydroxyl groups excluding tert-OH is 1. The van der Waals surface area contributed by atoms with E-state index in [0.29, 0.717) is 12.8 Å². The van der Waals surface area contributed by atoms with Gasteiger partial charge in [-0.1, -0.05) is 34.1 Å². The summed E-state index contributed by atoms with van der Waals surface area (Å²) in [5, 5.41) is 18.3. The van der Waals surface area contributed by atoms with E-state index in [4.69, 9.17) is 5.11 Å². The second-order valence-electron chi connectivity index (χ2n) is 5.36. The molecule has 0 heterocycles. The number of carboxylic acid groups (broad SMARTS) is 1. The number of carbonyl (C=O) groups is 1. The molecule has 2 atom stereocenters. The first-order valence-electron chi connectivity index (χ1n) is 5.65. The second-order valence-corrected chi connectivity index (χ2v) is 5.36. The van der Waals surface area contributed by atoms with Crippen LogP contribution in [0.25, 0.3) is 0 Å². The number of unbranched alkanes of at least 4 members (excludes halogenated alkanes) is 1. The van der Waals surface area contributed by atoms with E-state index in [2.05, 4.69) is 20.8 Å². The SMILES string of the molecule is CC(C(O)CCCCC(=O)O)C(C)(C)C. The van der Waals surface area contributed by atoms with Crippen LogP contribution in [0, 0.1) is 11.3 Å². The summed E-state index contributed by atoms with van der Waals surface area (Å²) >= 11 is 0. The third-order valence-electron chi connectivity index (χ3n) is 3.08. The molecule has 0 spiro atoms. The van der Waals surface area contributed by atoms with Gasteiger partial charge in [-0.15, -0.1) is 0 Å². The molecule has 0 aromatic carbocycles. The average molecular weight is 216 g/mol. The summed E-state index contributed by atoms with van der Waals surface area (Å²) in [4.78, 5) is 10.3. The quantitative estimate of drug-likeness (QED) is 0.671. The van der Waals surface area contributed by atoms with Crippen molar-refractivity contribution in [2.45, 2.75) is 59.5 Å². The van der Waals surface area contributed by atoms with Gasteiger partial charge in [0, 0.05) is 6.42 Å². The van der Waals surface area contributed by atoms with Crippen LogP contribution in [-0.4, -0.2) is 22.3 Å². The summed E-state index contributed by atoms with van der Waals surface area (Å²) < 4.78 is 0. The maximum Gasteiger partial charge on any atom is 0.303 e. The highest BCUT2D eigenvalue weighted by atomic mass is 16.4. The molecule has 0 aliphatic rings. The molecular weight excluding hydrogens is 192 g/mol. The van der Waals surface area contributed by atoms with Crippen LogP contribution in [0.3, 0.4) is 0 Å². The molecule has 2 N–H and O–H groups in total. The lowest BCUT2D eigenvalue weighted by Crippen LogP contribution is -2.29. The molecule has 0 aromatic rings. The zero-order valence-electron chi connectivity index (χ0n) is 10.3. The number of aliphatic carboxylic acids is 1. The Bertz CT molecular complexity index is 194. The van der Waals surface area contributed by atoms with E-state index in [-0.39, 0.29) is 23.9 Å². The van der Waals surface area contributed by atoms with Crippen molar-refractivity contribution in [3.63, 3.8) is 0 Å². The summed E-state index contributed by atoms with van der Waals surface area (Å²) in [5.74, 6) is -0.518. The number of carboxylic acids is 1. The molecule has 0 aromatic heterocycles. The molecule has 2 unspecified atom stereocenters. The van der Waals surface area contributed by atoms with Gasteiger partial charge in [0.25, 0.3) is 0 Å². The summed E-state index contributed by atoms with van der Waals surface area (Å²) in [6.45, 7) is 8.37. The first-order chi connectivity index (χ1) is 6.75. The topological polar surface area (TPSA) is 57.5 Å². The third kappa shape index (κ3) is 6.50. The fraction of sp³-hybridized carbons (Fsp3) is 0.917. The Morgan fingerprint density at radius 1 is 1.27 bits per heavy atom. The van der Waals surface area contributed by atoms with E-state index in [1.165, 1.54) is 0 Å². The summed E-state index contributed by atoms with van der Waals surface area (Å²) in [7, 11) is 0. The largest absolute Gasteiger partial charge is 0.481 e. The van der Waals surface area contributed by atoms with Crippen molar-refractivity contribution in [2.75, 3.05) is 0 Å². The smallest absolute Gasteiger partial charge is 0.303 e. The lowest BCUT2D eigenvalue weighted by atomic mass is 9.77. The first kappa shape index (κ1) is 14.4. The van der Waals surface area contributed by atoms with E-state index >= 15 is 0 Å². The zero-order valence-corrected chi connectivity index (χ0v) is 10.3. The molecule has 0 saturated heterocycles. The highest BCUT2D eigenvalue weighted by Gasteiger charge is 2.26. The van der Waals surface area contributed by atoms with Crippen molar-refractivity contribution in [1.82, 2.24) is 0 Å². The predicted octanol–water partition coefficient (Wildman–Crippen LogP) is 2.67. The van der Waals surface area contributed by atoms with Crippen LogP contribution in [0.1, 0.15) is 53.4 Å². The minimum absolute atomic E-state index is 0.103. The van der Waals surface area contributed by atoms with Crippen LogP contribution < -0.4 is 0 Å². The van der Waals surface area contributed by atoms with Crippen LogP contribution in [0.15, 0.2) is 0 Å². The van der Waals surface area contributed by atoms with Crippen molar-refractivity contribution in [3.8, 4) is 0 Å². The van der Waals surface area contributed by atoms with Crippen molar-refractivity contribution < 1.29 is 15.0 Å². The summed E-state index contributed by atoms with van der Waals surface area (Å²) in [5.41, 5.74) is 0.103. The lowest BCUT2D eigenvalue weighted by Gasteiger charge is -2.31. The van der Waals surface area contributed by atoms with Crippen LogP contribution in [0.4, 0.5) is 0 Å². The highest BCUT2D eigenvalue weighted by molar-refractivity contribution is 5.66. The van der Waals surface area contributed by atoms with Crippen molar-refractivity contribution in [3.05, 3.63) is 0 Å². The number of rotatable bonds is 6. The molecule has 0 fully saturated rings. The first-order valence-corrected chi connectivity index (χ1v) is 5.65. The molecule has 0 saturated carbocycles. The van der Waals surface area contributed by atoms with Gasteiger partial charge in [0.05, 0.1) is 6.10 Å². The maximum atomic E-state index is 10.3. The van der Waals surface area contributed by atoms with E-state index < -0.39 is 5.97 Å². The molecule has 0 bridgehead atoms. The third-order valence-corrected chi connectivity index (χ3v) is 3.08. The van der Waals surface area contributed by atoms with Crippen LogP contribution in [-0.2, 0) is 4.79 Å². The van der Waals surface area contributed by atoms with Gasteiger partial charge < -0.3 is 10.2 Å². The molecule has 0 aliphatic heterocycles. The molecule has 0 radical (unpaired) electrons. The summed E-state index contributed by atoms with van der Waals surface area (Å²) in [6.07, 6.45) is 2.03. The van der Waals surface area contributed by atoms with Gasteiger partial charge in [0.1, 0.15) is 0 Å². The van der Waals surface area contributed by atoms with E-state index in [9.17, 15) is 9.90 Å². The maximum absolute atomic E-state index is 10.3. The fourth-order valence-electron chi connectivity index (χ4n) is 1.46. The fourth-order valence-corrected chi connectivity index (χ4v) is 1.46. The lowest BCUT2D eigenvalue weighted by molar-refractivity contribution is -0.137. The van der Waals surface area contributed by atoms with Crippen LogP contribution >= 0.6 is 0 Å². The van der Waals surface area contributed by atoms with Gasteiger partial charge in [-0.05, 0) is 24.2 Å². The van der Waals surface area contributed by atoms with E-state index in [0.717, 1.165) is 6.42 Å². The second kappa shape index (κ2) is 6.11. The van der Waals surface area contributed by atoms with Crippen molar-refractivity contribution in [1.29, 1.82) is 0 Å². The Labute approximate surface area is 92.5 Å². The molecule has 0 amide bonds. The zero-order chi connectivity index (χ0) is 12.1. The van der Waals surface area contributed by atoms with Crippen LogP contribution in [0.2, 0.25) is 0 Å². The number of hydrogen-bond donors (Lipinski definition) is 2. The molecular formula is C12H24O3. The number of aliphatic hydroxyl groups is 1. The Hall–Kier alpha value is -0.570. The van der Waals surface area contributed by atoms with Crippen LogP contribution in [0.5, 0.6) is 0 Å². The Balaban J connectivity index is 3.74. The number of hydrogen-bond acceptors (Lipinski definition) is 2. The minimum atomic E-state index is -0.756. The Morgan fingerprint density at radius 2 is 1.80 bits per heavy atom.